The monoisotopic (exact) mass is 267 g/mol. The normalized spacial score (nSPS) is 11.1. The minimum Gasteiger partial charge on any atom is -0.396 e. The summed E-state index contributed by atoms with van der Waals surface area (Å²) in [6.07, 6.45) is 6.20. The number of hydrogen-bond acceptors (Lipinski definition) is 3. The summed E-state index contributed by atoms with van der Waals surface area (Å²) < 4.78 is 0. The molecule has 0 atom stereocenters. The Morgan fingerprint density at radius 1 is 1.39 bits per heavy atom. The lowest BCUT2D eigenvalue weighted by Crippen LogP contribution is -2.25. The fourth-order valence-corrected chi connectivity index (χ4v) is 2.35. The van der Waals surface area contributed by atoms with Crippen molar-refractivity contribution < 1.29 is 9.90 Å². The molecule has 0 aliphatic carbocycles. The molecule has 0 spiro atoms. The molecule has 0 aliphatic heterocycles. The zero-order chi connectivity index (χ0) is 13.4. The van der Waals surface area contributed by atoms with Crippen LogP contribution < -0.4 is 0 Å². The standard InChI is InChI=1S/C14H21NO2S/c1-12-6-7-13(18-12)8-9-14(17)15(2)10-4-3-5-11-16/h6-9,16H,3-5,10-11H2,1-2H3/b9-8+. The van der Waals surface area contributed by atoms with Crippen molar-refractivity contribution in [2.45, 2.75) is 26.2 Å². The van der Waals surface area contributed by atoms with Crippen molar-refractivity contribution in [1.29, 1.82) is 0 Å². The summed E-state index contributed by atoms with van der Waals surface area (Å²) in [7, 11) is 1.81. The van der Waals surface area contributed by atoms with Gasteiger partial charge in [-0.1, -0.05) is 0 Å². The van der Waals surface area contributed by atoms with Crippen molar-refractivity contribution in [2.24, 2.45) is 0 Å². The quantitative estimate of drug-likeness (QED) is 0.609. The van der Waals surface area contributed by atoms with Gasteiger partial charge in [0.15, 0.2) is 0 Å². The van der Waals surface area contributed by atoms with Gasteiger partial charge in [0.05, 0.1) is 0 Å². The number of aliphatic hydroxyl groups is 1. The molecule has 1 aromatic heterocycles. The highest BCUT2D eigenvalue weighted by molar-refractivity contribution is 7.12. The topological polar surface area (TPSA) is 40.5 Å². The van der Waals surface area contributed by atoms with E-state index in [4.69, 9.17) is 5.11 Å². The van der Waals surface area contributed by atoms with Crippen LogP contribution in [0.4, 0.5) is 0 Å². The zero-order valence-corrected chi connectivity index (χ0v) is 11.9. The van der Waals surface area contributed by atoms with Gasteiger partial charge >= 0.3 is 0 Å². The van der Waals surface area contributed by atoms with Gasteiger partial charge in [0.1, 0.15) is 0 Å². The van der Waals surface area contributed by atoms with Crippen molar-refractivity contribution in [3.05, 3.63) is 28.0 Å². The number of aliphatic hydroxyl groups excluding tert-OH is 1. The van der Waals surface area contributed by atoms with Crippen molar-refractivity contribution in [2.75, 3.05) is 20.2 Å². The molecule has 0 bridgehead atoms. The first-order chi connectivity index (χ1) is 8.63. The van der Waals surface area contributed by atoms with E-state index in [-0.39, 0.29) is 12.5 Å². The van der Waals surface area contributed by atoms with E-state index in [1.54, 1.807) is 22.3 Å². The second-order valence-corrected chi connectivity index (χ2v) is 5.65. The van der Waals surface area contributed by atoms with Crippen molar-refractivity contribution >= 4 is 23.3 Å². The smallest absolute Gasteiger partial charge is 0.246 e. The molecule has 18 heavy (non-hydrogen) atoms. The Bertz CT molecular complexity index is 398. The van der Waals surface area contributed by atoms with Crippen molar-refractivity contribution in [1.82, 2.24) is 4.90 Å². The second-order valence-electron chi connectivity index (χ2n) is 4.33. The van der Waals surface area contributed by atoms with Crippen LogP contribution >= 0.6 is 11.3 Å². The number of rotatable bonds is 7. The number of amides is 1. The summed E-state index contributed by atoms with van der Waals surface area (Å²) >= 11 is 1.68. The Balaban J connectivity index is 2.33. The Hall–Kier alpha value is -1.13. The highest BCUT2D eigenvalue weighted by Gasteiger charge is 2.04. The first kappa shape index (κ1) is 14.9. The molecule has 0 aromatic carbocycles. The predicted octanol–water partition coefficient (Wildman–Crippen LogP) is 2.69. The van der Waals surface area contributed by atoms with E-state index in [9.17, 15) is 4.79 Å². The average Bonchev–Trinajstić information content (AvgIpc) is 2.77. The van der Waals surface area contributed by atoms with Gasteiger partial charge < -0.3 is 10.0 Å². The van der Waals surface area contributed by atoms with Gasteiger partial charge in [0, 0.05) is 36.0 Å². The van der Waals surface area contributed by atoms with Crippen LogP contribution in [0, 0.1) is 6.92 Å². The Kier molecular flexibility index (Phi) is 6.68. The SMILES string of the molecule is Cc1ccc(/C=C/C(=O)N(C)CCCCCO)s1. The largest absolute Gasteiger partial charge is 0.396 e. The Morgan fingerprint density at radius 3 is 2.78 bits per heavy atom. The highest BCUT2D eigenvalue weighted by atomic mass is 32.1. The summed E-state index contributed by atoms with van der Waals surface area (Å²) in [5.74, 6) is 0.0325. The number of unbranched alkanes of at least 4 members (excludes halogenated alkanes) is 2. The number of nitrogens with zero attached hydrogens (tertiary/aromatic N) is 1. The minimum atomic E-state index is 0.0325. The molecule has 0 radical (unpaired) electrons. The number of carbonyl (C=O) groups is 1. The molecule has 1 aromatic rings. The molecule has 3 nitrogen and oxygen atoms in total. The zero-order valence-electron chi connectivity index (χ0n) is 11.1. The summed E-state index contributed by atoms with van der Waals surface area (Å²) in [5.41, 5.74) is 0. The number of likely N-dealkylation sites (N-methyl/N-ethyl adjacent to an activating group) is 1. The van der Waals surface area contributed by atoms with Crippen LogP contribution in [0.1, 0.15) is 29.0 Å². The van der Waals surface area contributed by atoms with Crippen LogP contribution in [0.3, 0.4) is 0 Å². The van der Waals surface area contributed by atoms with Crippen LogP contribution in [0.5, 0.6) is 0 Å². The van der Waals surface area contributed by atoms with Gasteiger partial charge in [-0.2, -0.15) is 0 Å². The maximum atomic E-state index is 11.8. The highest BCUT2D eigenvalue weighted by Crippen LogP contribution is 2.16. The molecular formula is C14H21NO2S. The maximum absolute atomic E-state index is 11.8. The molecule has 4 heteroatoms. The molecule has 1 N–H and O–H groups in total. The summed E-state index contributed by atoms with van der Waals surface area (Å²) in [6, 6.07) is 4.07. The summed E-state index contributed by atoms with van der Waals surface area (Å²) in [4.78, 5) is 15.9. The summed E-state index contributed by atoms with van der Waals surface area (Å²) in [6.45, 7) is 3.03. The number of aryl methyl sites for hydroxylation is 1. The lowest BCUT2D eigenvalue weighted by molar-refractivity contribution is -0.124. The third-order valence-corrected chi connectivity index (χ3v) is 3.65. The van der Waals surface area contributed by atoms with E-state index in [0.717, 1.165) is 30.7 Å². The molecule has 0 saturated carbocycles. The van der Waals surface area contributed by atoms with E-state index in [0.29, 0.717) is 0 Å². The van der Waals surface area contributed by atoms with Crippen LogP contribution in [0.15, 0.2) is 18.2 Å². The Labute approximate surface area is 113 Å². The van der Waals surface area contributed by atoms with Crippen molar-refractivity contribution in [3.63, 3.8) is 0 Å². The van der Waals surface area contributed by atoms with E-state index in [1.807, 2.05) is 25.3 Å². The summed E-state index contributed by atoms with van der Waals surface area (Å²) in [5, 5.41) is 8.66. The lowest BCUT2D eigenvalue weighted by atomic mass is 10.2. The molecule has 1 heterocycles. The minimum absolute atomic E-state index is 0.0325. The predicted molar refractivity (Wildman–Crippen MR) is 76.7 cm³/mol. The third-order valence-electron chi connectivity index (χ3n) is 2.68. The fourth-order valence-electron chi connectivity index (χ4n) is 1.57. The van der Waals surface area contributed by atoms with E-state index < -0.39 is 0 Å². The van der Waals surface area contributed by atoms with Gasteiger partial charge in [0.2, 0.25) is 5.91 Å². The van der Waals surface area contributed by atoms with E-state index in [1.165, 1.54) is 4.88 Å². The number of thiophene rings is 1. The molecule has 1 rings (SSSR count). The van der Waals surface area contributed by atoms with Crippen LogP contribution in [0.25, 0.3) is 6.08 Å². The van der Waals surface area contributed by atoms with Gasteiger partial charge in [-0.3, -0.25) is 4.79 Å². The van der Waals surface area contributed by atoms with Crippen LogP contribution in [0.2, 0.25) is 0 Å². The molecule has 0 aliphatic rings. The third kappa shape index (κ3) is 5.47. The number of hydrogen-bond donors (Lipinski definition) is 1. The molecule has 0 fully saturated rings. The number of carbonyl (C=O) groups excluding carboxylic acids is 1. The van der Waals surface area contributed by atoms with Gasteiger partial charge in [-0.25, -0.2) is 0 Å². The van der Waals surface area contributed by atoms with Gasteiger partial charge in [-0.15, -0.1) is 11.3 Å². The second kappa shape index (κ2) is 8.06. The van der Waals surface area contributed by atoms with Gasteiger partial charge in [-0.05, 0) is 44.4 Å². The molecule has 100 valence electrons. The first-order valence-electron chi connectivity index (χ1n) is 6.24. The molecule has 0 unspecified atom stereocenters. The molecular weight excluding hydrogens is 246 g/mol. The van der Waals surface area contributed by atoms with Crippen LogP contribution in [-0.2, 0) is 4.79 Å². The lowest BCUT2D eigenvalue weighted by Gasteiger charge is -2.14. The van der Waals surface area contributed by atoms with E-state index >= 15 is 0 Å². The maximum Gasteiger partial charge on any atom is 0.246 e. The van der Waals surface area contributed by atoms with Crippen LogP contribution in [-0.4, -0.2) is 36.1 Å². The van der Waals surface area contributed by atoms with Gasteiger partial charge in [0.25, 0.3) is 0 Å². The van der Waals surface area contributed by atoms with Crippen molar-refractivity contribution in [3.8, 4) is 0 Å². The van der Waals surface area contributed by atoms with E-state index in [2.05, 4.69) is 6.92 Å². The Morgan fingerprint density at radius 2 is 2.17 bits per heavy atom. The first-order valence-corrected chi connectivity index (χ1v) is 7.05. The average molecular weight is 267 g/mol. The fraction of sp³-hybridized carbons (Fsp3) is 0.500. The molecule has 1 amide bonds. The molecule has 0 saturated heterocycles.